The zero-order valence-corrected chi connectivity index (χ0v) is 9.61. The van der Waals surface area contributed by atoms with Crippen LogP contribution in [0.4, 0.5) is 4.79 Å². The fourth-order valence-electron chi connectivity index (χ4n) is 0.865. The number of urea groups is 1. The summed E-state index contributed by atoms with van der Waals surface area (Å²) < 4.78 is 1.26. The zero-order valence-electron chi connectivity index (χ0n) is 8.80. The van der Waals surface area contributed by atoms with E-state index < -0.39 is 17.2 Å². The third-order valence-corrected chi connectivity index (χ3v) is 2.79. The summed E-state index contributed by atoms with van der Waals surface area (Å²) in [6.07, 6.45) is 0. The maximum Gasteiger partial charge on any atom is 0.318 e. The summed E-state index contributed by atoms with van der Waals surface area (Å²) in [6, 6.07) is -0.886. The number of hydrogen-bond donors (Lipinski definition) is 3. The lowest BCUT2D eigenvalue weighted by molar-refractivity contribution is -0.119. The van der Waals surface area contributed by atoms with Gasteiger partial charge in [-0.1, -0.05) is 11.8 Å². The molecule has 0 aromatic carbocycles. The van der Waals surface area contributed by atoms with Crippen molar-refractivity contribution in [3.05, 3.63) is 5.82 Å². The average molecular weight is 244 g/mol. The van der Waals surface area contributed by atoms with Crippen molar-refractivity contribution >= 4 is 23.7 Å². The molecule has 16 heavy (non-hydrogen) atoms. The maximum atomic E-state index is 11.3. The smallest absolute Gasteiger partial charge is 0.318 e. The molecule has 1 aromatic rings. The third-order valence-electron chi connectivity index (χ3n) is 1.73. The number of nitrogen functional groups attached to an aromatic ring is 1. The van der Waals surface area contributed by atoms with Gasteiger partial charge in [-0.2, -0.15) is 0 Å². The SMILES string of the molecule is Cc1nnc(S[C@H](C)C(=O)NC(N)=O)n1N. The first-order valence-corrected chi connectivity index (χ1v) is 5.24. The van der Waals surface area contributed by atoms with Gasteiger partial charge < -0.3 is 11.6 Å². The predicted molar refractivity (Wildman–Crippen MR) is 58.0 cm³/mol. The van der Waals surface area contributed by atoms with E-state index in [1.807, 2.05) is 5.32 Å². The summed E-state index contributed by atoms with van der Waals surface area (Å²) in [5.74, 6) is 5.63. The van der Waals surface area contributed by atoms with Crippen molar-refractivity contribution in [3.8, 4) is 0 Å². The molecule has 0 spiro atoms. The second-order valence-corrected chi connectivity index (χ2v) is 4.32. The molecule has 0 bridgehead atoms. The van der Waals surface area contributed by atoms with Crippen molar-refractivity contribution in [2.24, 2.45) is 5.73 Å². The number of carbonyl (C=O) groups excluding carboxylic acids is 2. The minimum atomic E-state index is -0.886. The van der Waals surface area contributed by atoms with Gasteiger partial charge >= 0.3 is 6.03 Å². The first-order chi connectivity index (χ1) is 7.41. The van der Waals surface area contributed by atoms with E-state index in [1.165, 1.54) is 4.68 Å². The lowest BCUT2D eigenvalue weighted by atomic mass is 10.4. The molecule has 1 aromatic heterocycles. The Morgan fingerprint density at radius 2 is 2.12 bits per heavy atom. The second kappa shape index (κ2) is 4.84. The van der Waals surface area contributed by atoms with Crippen molar-refractivity contribution in [3.63, 3.8) is 0 Å². The summed E-state index contributed by atoms with van der Waals surface area (Å²) in [4.78, 5) is 21.8. The molecule has 0 aliphatic rings. The molecular formula is C7H12N6O2S. The average Bonchev–Trinajstić information content (AvgIpc) is 2.48. The molecule has 9 heteroatoms. The van der Waals surface area contributed by atoms with Crippen molar-refractivity contribution in [2.45, 2.75) is 24.3 Å². The molecule has 0 radical (unpaired) electrons. The normalized spacial score (nSPS) is 12.1. The van der Waals surface area contributed by atoms with E-state index in [4.69, 9.17) is 11.6 Å². The molecule has 3 amide bonds. The predicted octanol–water partition coefficient (Wildman–Crippen LogP) is -1.02. The number of aromatic nitrogens is 3. The fraction of sp³-hybridized carbons (Fsp3) is 0.429. The molecular weight excluding hydrogens is 232 g/mol. The van der Waals surface area contributed by atoms with Gasteiger partial charge in [0.05, 0.1) is 5.25 Å². The Kier molecular flexibility index (Phi) is 3.72. The number of thioether (sulfide) groups is 1. The number of carbonyl (C=O) groups is 2. The summed E-state index contributed by atoms with van der Waals surface area (Å²) in [6.45, 7) is 3.29. The van der Waals surface area contributed by atoms with Crippen molar-refractivity contribution in [1.82, 2.24) is 20.2 Å². The molecule has 0 aliphatic heterocycles. The molecule has 0 aliphatic carbocycles. The van der Waals surface area contributed by atoms with E-state index in [-0.39, 0.29) is 0 Å². The monoisotopic (exact) mass is 244 g/mol. The minimum absolute atomic E-state index is 0.393. The Hall–Kier alpha value is -1.77. The molecule has 1 rings (SSSR count). The molecule has 5 N–H and O–H groups in total. The second-order valence-electron chi connectivity index (χ2n) is 3.01. The van der Waals surface area contributed by atoms with E-state index in [0.29, 0.717) is 11.0 Å². The van der Waals surface area contributed by atoms with Gasteiger partial charge in [0.15, 0.2) is 0 Å². The van der Waals surface area contributed by atoms with Crippen molar-refractivity contribution in [2.75, 3.05) is 5.84 Å². The number of amides is 3. The molecule has 88 valence electrons. The fourth-order valence-corrected chi connectivity index (χ4v) is 1.68. The van der Waals surface area contributed by atoms with Crippen LogP contribution in [-0.2, 0) is 4.79 Å². The van der Waals surface area contributed by atoms with Crippen LogP contribution >= 0.6 is 11.8 Å². The Labute approximate surface area is 95.7 Å². The van der Waals surface area contributed by atoms with Gasteiger partial charge in [-0.3, -0.25) is 10.1 Å². The number of hydrogen-bond acceptors (Lipinski definition) is 6. The molecule has 8 nitrogen and oxygen atoms in total. The lowest BCUT2D eigenvalue weighted by Gasteiger charge is -2.08. The topological polar surface area (TPSA) is 129 Å². The Bertz CT molecular complexity index is 417. The highest BCUT2D eigenvalue weighted by molar-refractivity contribution is 8.00. The van der Waals surface area contributed by atoms with Gasteiger partial charge in [-0.15, -0.1) is 10.2 Å². The van der Waals surface area contributed by atoms with E-state index in [2.05, 4.69) is 10.2 Å². The highest BCUT2D eigenvalue weighted by Gasteiger charge is 2.19. The van der Waals surface area contributed by atoms with Gasteiger partial charge in [0.25, 0.3) is 0 Å². The number of nitrogens with one attached hydrogen (secondary N) is 1. The summed E-state index contributed by atoms with van der Waals surface area (Å²) in [7, 11) is 0. The van der Waals surface area contributed by atoms with Crippen LogP contribution in [0.2, 0.25) is 0 Å². The standard InChI is InChI=1S/C7H12N6O2S/c1-3(5(14)10-6(8)15)16-7-12-11-4(2)13(7)9/h3H,9H2,1-2H3,(H3,8,10,14,15)/t3-/m1/s1. The molecule has 0 saturated heterocycles. The highest BCUT2D eigenvalue weighted by atomic mass is 32.2. The van der Waals surface area contributed by atoms with E-state index >= 15 is 0 Å². The first-order valence-electron chi connectivity index (χ1n) is 4.36. The molecule has 1 atom stereocenters. The zero-order chi connectivity index (χ0) is 12.3. The minimum Gasteiger partial charge on any atom is -0.351 e. The Morgan fingerprint density at radius 1 is 1.50 bits per heavy atom. The summed E-state index contributed by atoms with van der Waals surface area (Å²) >= 11 is 1.09. The molecule has 1 heterocycles. The molecule has 0 fully saturated rings. The maximum absolute atomic E-state index is 11.3. The number of nitrogens with zero attached hydrogens (tertiary/aromatic N) is 3. The van der Waals surface area contributed by atoms with Crippen LogP contribution in [0.15, 0.2) is 5.16 Å². The van der Waals surface area contributed by atoms with Crippen molar-refractivity contribution in [1.29, 1.82) is 0 Å². The lowest BCUT2D eigenvalue weighted by Crippen LogP contribution is -2.39. The quantitative estimate of drug-likeness (QED) is 0.461. The van der Waals surface area contributed by atoms with Gasteiger partial charge in [0, 0.05) is 0 Å². The summed E-state index contributed by atoms with van der Waals surface area (Å²) in [5, 5.41) is 9.32. The number of nitrogens with two attached hydrogens (primary N) is 2. The van der Waals surface area contributed by atoms with Crippen LogP contribution in [0.3, 0.4) is 0 Å². The number of aryl methyl sites for hydroxylation is 1. The van der Waals surface area contributed by atoms with Crippen LogP contribution in [-0.4, -0.2) is 32.1 Å². The summed E-state index contributed by atoms with van der Waals surface area (Å²) in [5.41, 5.74) is 4.82. The number of primary amides is 1. The van der Waals surface area contributed by atoms with Crippen LogP contribution < -0.4 is 16.9 Å². The van der Waals surface area contributed by atoms with Crippen molar-refractivity contribution < 1.29 is 9.59 Å². The Balaban J connectivity index is 2.64. The van der Waals surface area contributed by atoms with Gasteiger partial charge in [0.2, 0.25) is 11.1 Å². The van der Waals surface area contributed by atoms with Gasteiger partial charge in [-0.25, -0.2) is 9.47 Å². The molecule has 0 unspecified atom stereocenters. The van der Waals surface area contributed by atoms with E-state index in [0.717, 1.165) is 11.8 Å². The van der Waals surface area contributed by atoms with Gasteiger partial charge in [0.1, 0.15) is 5.82 Å². The molecule has 0 saturated carbocycles. The number of imide groups is 1. The van der Waals surface area contributed by atoms with Crippen LogP contribution in [0.5, 0.6) is 0 Å². The van der Waals surface area contributed by atoms with E-state index in [1.54, 1.807) is 13.8 Å². The van der Waals surface area contributed by atoms with Crippen LogP contribution in [0.25, 0.3) is 0 Å². The largest absolute Gasteiger partial charge is 0.351 e. The van der Waals surface area contributed by atoms with Gasteiger partial charge in [-0.05, 0) is 13.8 Å². The third kappa shape index (κ3) is 2.86. The van der Waals surface area contributed by atoms with E-state index in [9.17, 15) is 9.59 Å². The van der Waals surface area contributed by atoms with Crippen LogP contribution in [0.1, 0.15) is 12.7 Å². The number of rotatable bonds is 3. The Morgan fingerprint density at radius 3 is 2.56 bits per heavy atom. The highest BCUT2D eigenvalue weighted by Crippen LogP contribution is 2.20. The van der Waals surface area contributed by atoms with Crippen LogP contribution in [0, 0.1) is 6.92 Å². The first kappa shape index (κ1) is 12.3.